The number of aryl methyl sites for hydroxylation is 1. The summed E-state index contributed by atoms with van der Waals surface area (Å²) in [6.07, 6.45) is 5.34. The van der Waals surface area contributed by atoms with Crippen LogP contribution in [0.15, 0.2) is 30.3 Å². The lowest BCUT2D eigenvalue weighted by atomic mass is 9.84. The van der Waals surface area contributed by atoms with Gasteiger partial charge in [-0.05, 0) is 64.4 Å². The highest BCUT2D eigenvalue weighted by Gasteiger charge is 2.48. The van der Waals surface area contributed by atoms with Crippen LogP contribution < -0.4 is 5.32 Å². The number of amides is 1. The molecule has 0 spiro atoms. The van der Waals surface area contributed by atoms with Crippen molar-refractivity contribution in [2.45, 2.75) is 96.0 Å². The summed E-state index contributed by atoms with van der Waals surface area (Å²) in [6, 6.07) is 7.72. The number of hydrogen-bond donors (Lipinski definition) is 2. The van der Waals surface area contributed by atoms with Crippen molar-refractivity contribution in [3.05, 3.63) is 35.9 Å². The van der Waals surface area contributed by atoms with E-state index in [1.165, 1.54) is 0 Å². The highest BCUT2D eigenvalue weighted by atomic mass is 16.5. The zero-order chi connectivity index (χ0) is 23.3. The van der Waals surface area contributed by atoms with Crippen LogP contribution in [0.5, 0.6) is 0 Å². The maximum atomic E-state index is 13.4. The van der Waals surface area contributed by atoms with Gasteiger partial charge in [0.1, 0.15) is 12.1 Å². The second-order valence-electron chi connectivity index (χ2n) is 9.40. The van der Waals surface area contributed by atoms with Gasteiger partial charge >= 0.3 is 11.9 Å². The molecule has 32 heavy (non-hydrogen) atoms. The van der Waals surface area contributed by atoms with Crippen molar-refractivity contribution >= 4 is 17.8 Å². The lowest BCUT2D eigenvalue weighted by Crippen LogP contribution is -2.55. The molecule has 7 heteroatoms. The summed E-state index contributed by atoms with van der Waals surface area (Å²) in [5.41, 5.74) is 1.10. The maximum Gasteiger partial charge on any atom is 0.326 e. The van der Waals surface area contributed by atoms with Crippen molar-refractivity contribution in [1.82, 2.24) is 10.2 Å². The minimum absolute atomic E-state index is 0.0213. The number of hydrogen-bond acceptors (Lipinski definition) is 5. The molecule has 7 nitrogen and oxygen atoms in total. The van der Waals surface area contributed by atoms with E-state index < -0.39 is 24.1 Å². The summed E-state index contributed by atoms with van der Waals surface area (Å²) < 4.78 is 5.43. The zero-order valence-electron chi connectivity index (χ0n) is 19.3. The van der Waals surface area contributed by atoms with Crippen LogP contribution in [0, 0.1) is 5.92 Å². The molecule has 3 rings (SSSR count). The van der Waals surface area contributed by atoms with E-state index in [4.69, 9.17) is 4.74 Å². The number of ether oxygens (including phenoxy) is 1. The van der Waals surface area contributed by atoms with Crippen molar-refractivity contribution < 1.29 is 24.2 Å². The molecule has 5 atom stereocenters. The Morgan fingerprint density at radius 1 is 1.12 bits per heavy atom. The molecular weight excluding hydrogens is 408 g/mol. The van der Waals surface area contributed by atoms with Crippen LogP contribution in [0.4, 0.5) is 0 Å². The van der Waals surface area contributed by atoms with E-state index in [0.717, 1.165) is 31.2 Å². The van der Waals surface area contributed by atoms with E-state index in [1.54, 1.807) is 25.7 Å². The highest BCUT2D eigenvalue weighted by Crippen LogP contribution is 2.40. The number of nitrogens with zero attached hydrogens (tertiary/aromatic N) is 1. The first-order valence-electron chi connectivity index (χ1n) is 11.8. The van der Waals surface area contributed by atoms with Crippen molar-refractivity contribution in [2.24, 2.45) is 5.92 Å². The Labute approximate surface area is 190 Å². The average molecular weight is 445 g/mol. The number of nitrogens with one attached hydrogen (secondary N) is 1. The van der Waals surface area contributed by atoms with E-state index in [2.05, 4.69) is 5.32 Å². The zero-order valence-corrected chi connectivity index (χ0v) is 19.3. The van der Waals surface area contributed by atoms with E-state index in [9.17, 15) is 19.5 Å². The Bertz CT molecular complexity index is 797. The Morgan fingerprint density at radius 3 is 2.47 bits per heavy atom. The first kappa shape index (κ1) is 24.2. The fourth-order valence-electron chi connectivity index (χ4n) is 5.13. The molecule has 1 heterocycles. The third-order valence-electron chi connectivity index (χ3n) is 6.65. The van der Waals surface area contributed by atoms with Crippen molar-refractivity contribution in [3.8, 4) is 0 Å². The van der Waals surface area contributed by atoms with Gasteiger partial charge in [0.25, 0.3) is 0 Å². The van der Waals surface area contributed by atoms with Crippen LogP contribution in [-0.4, -0.2) is 58.1 Å². The van der Waals surface area contributed by atoms with Gasteiger partial charge in [-0.1, -0.05) is 43.2 Å². The van der Waals surface area contributed by atoms with E-state index in [1.807, 2.05) is 30.3 Å². The molecule has 2 aliphatic rings. The molecule has 1 aromatic rings. The summed E-state index contributed by atoms with van der Waals surface area (Å²) >= 11 is 0. The fourth-order valence-corrected chi connectivity index (χ4v) is 5.13. The van der Waals surface area contributed by atoms with Crippen LogP contribution in [0.3, 0.4) is 0 Å². The molecule has 1 aromatic carbocycles. The van der Waals surface area contributed by atoms with Crippen LogP contribution in [0.2, 0.25) is 0 Å². The van der Waals surface area contributed by atoms with Gasteiger partial charge in [0.2, 0.25) is 5.91 Å². The third-order valence-corrected chi connectivity index (χ3v) is 6.65. The molecule has 1 saturated carbocycles. The normalized spacial score (nSPS) is 24.6. The Kier molecular flexibility index (Phi) is 8.29. The Hall–Kier alpha value is -2.41. The quantitative estimate of drug-likeness (QED) is 0.568. The van der Waals surface area contributed by atoms with Gasteiger partial charge in [-0.25, -0.2) is 4.79 Å². The molecule has 1 saturated heterocycles. The Balaban J connectivity index is 1.71. The largest absolute Gasteiger partial charge is 0.480 e. The number of esters is 1. The lowest BCUT2D eigenvalue weighted by molar-refractivity contribution is -0.153. The second-order valence-corrected chi connectivity index (χ2v) is 9.40. The molecule has 0 aromatic heterocycles. The minimum Gasteiger partial charge on any atom is -0.480 e. The van der Waals surface area contributed by atoms with Gasteiger partial charge < -0.3 is 14.7 Å². The molecule has 1 aliphatic carbocycles. The predicted molar refractivity (Wildman–Crippen MR) is 121 cm³/mol. The summed E-state index contributed by atoms with van der Waals surface area (Å²) in [7, 11) is 0. The fraction of sp³-hybridized carbons (Fsp3) is 0.640. The van der Waals surface area contributed by atoms with Gasteiger partial charge in [-0.3, -0.25) is 14.9 Å². The smallest absolute Gasteiger partial charge is 0.326 e. The van der Waals surface area contributed by atoms with Crippen molar-refractivity contribution in [2.75, 3.05) is 0 Å². The van der Waals surface area contributed by atoms with Gasteiger partial charge in [-0.2, -0.15) is 0 Å². The topological polar surface area (TPSA) is 95.9 Å². The minimum atomic E-state index is -0.945. The summed E-state index contributed by atoms with van der Waals surface area (Å²) in [5, 5.41) is 12.9. The lowest BCUT2D eigenvalue weighted by Gasteiger charge is -2.35. The number of carboxylic acid groups (broad SMARTS) is 1. The molecule has 2 N–H and O–H groups in total. The maximum absolute atomic E-state index is 13.4. The number of likely N-dealkylation sites (tertiary alicyclic amines) is 1. The number of carbonyl (C=O) groups excluding carboxylic acids is 2. The first-order valence-corrected chi connectivity index (χ1v) is 11.8. The SMILES string of the molecule is CC(C)OC(=O)[C@H](CCc1ccccc1)N[C@@H](C)C(=O)N1[C@H](C(=O)O)C[C@H]2CCCC[C@@H]21. The highest BCUT2D eigenvalue weighted by molar-refractivity contribution is 5.88. The van der Waals surface area contributed by atoms with Gasteiger partial charge in [-0.15, -0.1) is 0 Å². The molecule has 1 amide bonds. The number of benzene rings is 1. The molecule has 176 valence electrons. The van der Waals surface area contributed by atoms with Crippen LogP contribution in [-0.2, 0) is 25.5 Å². The van der Waals surface area contributed by atoms with Crippen LogP contribution in [0.25, 0.3) is 0 Å². The Morgan fingerprint density at radius 2 is 1.81 bits per heavy atom. The molecule has 2 fully saturated rings. The van der Waals surface area contributed by atoms with Crippen molar-refractivity contribution in [3.63, 3.8) is 0 Å². The van der Waals surface area contributed by atoms with Gasteiger partial charge in [0.15, 0.2) is 0 Å². The molecule has 0 unspecified atom stereocenters. The molecule has 0 bridgehead atoms. The van der Waals surface area contributed by atoms with E-state index in [0.29, 0.717) is 19.3 Å². The summed E-state index contributed by atoms with van der Waals surface area (Å²) in [4.78, 5) is 39.7. The van der Waals surface area contributed by atoms with Crippen molar-refractivity contribution in [1.29, 1.82) is 0 Å². The van der Waals surface area contributed by atoms with E-state index in [-0.39, 0.29) is 29.9 Å². The predicted octanol–water partition coefficient (Wildman–Crippen LogP) is 3.16. The first-order chi connectivity index (χ1) is 15.3. The number of carbonyl (C=O) groups is 3. The van der Waals surface area contributed by atoms with Crippen LogP contribution >= 0.6 is 0 Å². The second kappa shape index (κ2) is 10.9. The third kappa shape index (κ3) is 5.88. The van der Waals surface area contributed by atoms with Crippen LogP contribution in [0.1, 0.15) is 64.9 Å². The number of carboxylic acids is 1. The summed E-state index contributed by atoms with van der Waals surface area (Å²) in [5.74, 6) is -1.32. The molecule has 0 radical (unpaired) electrons. The monoisotopic (exact) mass is 444 g/mol. The average Bonchev–Trinajstić information content (AvgIpc) is 3.16. The molecular formula is C25H36N2O5. The van der Waals surface area contributed by atoms with E-state index >= 15 is 0 Å². The van der Waals surface area contributed by atoms with Gasteiger partial charge in [0.05, 0.1) is 12.1 Å². The number of rotatable bonds is 9. The standard InChI is InChI=1S/C25H36N2O5/c1-16(2)32-25(31)20(14-13-18-9-5-4-6-10-18)26-17(3)23(28)27-21-12-8-7-11-19(21)15-22(27)24(29)30/h4-6,9-10,16-17,19-22,26H,7-8,11-15H2,1-3H3,(H,29,30)/t17-,19+,20-,21-,22-/m0/s1. The summed E-state index contributed by atoms with van der Waals surface area (Å²) in [6.45, 7) is 5.31. The van der Waals surface area contributed by atoms with Gasteiger partial charge in [0, 0.05) is 6.04 Å². The number of aliphatic carboxylic acids is 1. The number of fused-ring (bicyclic) bond motifs is 1. The molecule has 1 aliphatic heterocycles.